The minimum Gasteiger partial charge on any atom is -0.493 e. The molecule has 0 radical (unpaired) electrons. The molecule has 0 bridgehead atoms. The lowest BCUT2D eigenvalue weighted by atomic mass is 10.1. The third kappa shape index (κ3) is 4.51. The molecule has 1 aromatic heterocycles. The smallest absolute Gasteiger partial charge is 0.373 e. The lowest BCUT2D eigenvalue weighted by molar-refractivity contribution is -0.123. The summed E-state index contributed by atoms with van der Waals surface area (Å²) in [7, 11) is 2.77. The van der Waals surface area contributed by atoms with E-state index in [-0.39, 0.29) is 23.3 Å². The van der Waals surface area contributed by atoms with Gasteiger partial charge in [0.05, 0.1) is 31.8 Å². The highest BCUT2D eigenvalue weighted by molar-refractivity contribution is 8.18. The van der Waals surface area contributed by atoms with Crippen LogP contribution in [0.15, 0.2) is 39.7 Å². The van der Waals surface area contributed by atoms with Crippen LogP contribution in [0.4, 0.5) is 4.79 Å². The van der Waals surface area contributed by atoms with Crippen molar-refractivity contribution < 1.29 is 33.0 Å². The van der Waals surface area contributed by atoms with Crippen LogP contribution in [0.1, 0.15) is 35.7 Å². The highest BCUT2D eigenvalue weighted by Gasteiger charge is 2.36. The topological polar surface area (TPSA) is 95.3 Å². The summed E-state index contributed by atoms with van der Waals surface area (Å²) in [6.07, 6.45) is 1.50. The van der Waals surface area contributed by atoms with Crippen LogP contribution in [-0.4, -0.2) is 42.3 Å². The maximum atomic E-state index is 12.8. The number of para-hydroxylation sites is 1. The lowest BCUT2D eigenvalue weighted by Crippen LogP contribution is -2.27. The summed E-state index contributed by atoms with van der Waals surface area (Å²) in [5, 5.41) is -0.434. The number of amides is 2. The molecule has 2 amide bonds. The fraction of sp³-hybridized carbons (Fsp3) is 0.286. The number of nitrogens with zero attached hydrogens (tertiary/aromatic N) is 1. The van der Waals surface area contributed by atoms with E-state index in [1.54, 1.807) is 24.3 Å². The van der Waals surface area contributed by atoms with Gasteiger partial charge in [0.2, 0.25) is 5.76 Å². The normalized spacial score (nSPS) is 15.2. The third-order valence-electron chi connectivity index (χ3n) is 4.11. The zero-order chi connectivity index (χ0) is 21.8. The van der Waals surface area contributed by atoms with Crippen LogP contribution in [0.25, 0.3) is 6.08 Å². The maximum absolute atomic E-state index is 12.8. The summed E-state index contributed by atoms with van der Waals surface area (Å²) >= 11 is 0.823. The van der Waals surface area contributed by atoms with Crippen LogP contribution in [-0.2, 0) is 16.1 Å². The number of carbonyl (C=O) groups is 3. The van der Waals surface area contributed by atoms with E-state index in [0.717, 1.165) is 16.7 Å². The average molecular weight is 431 g/mol. The molecule has 1 aromatic carbocycles. The fourth-order valence-corrected chi connectivity index (χ4v) is 3.60. The summed E-state index contributed by atoms with van der Waals surface area (Å²) in [6, 6.07) is 8.27. The van der Waals surface area contributed by atoms with Gasteiger partial charge in [-0.1, -0.05) is 12.1 Å². The second-order valence-electron chi connectivity index (χ2n) is 6.57. The summed E-state index contributed by atoms with van der Waals surface area (Å²) < 4.78 is 21.2. The molecular formula is C21H21NO7S. The van der Waals surface area contributed by atoms with E-state index in [4.69, 9.17) is 13.9 Å². The van der Waals surface area contributed by atoms with Gasteiger partial charge in [-0.05, 0) is 49.9 Å². The molecule has 0 aliphatic carbocycles. The standard InChI is InChI=1S/C21H21NO7S/c1-12(2)28-18-13(6-5-7-15(18)26-3)10-17-19(23)22(21(25)30-17)11-14-8-9-16(29-14)20(24)27-4/h5-10,12H,11H2,1-4H3. The van der Waals surface area contributed by atoms with Crippen molar-refractivity contribution in [1.82, 2.24) is 4.90 Å². The molecule has 158 valence electrons. The minimum atomic E-state index is -0.633. The van der Waals surface area contributed by atoms with Crippen molar-refractivity contribution in [2.45, 2.75) is 26.5 Å². The highest BCUT2D eigenvalue weighted by atomic mass is 32.2. The number of rotatable bonds is 7. The first-order valence-electron chi connectivity index (χ1n) is 9.10. The van der Waals surface area contributed by atoms with Crippen LogP contribution in [0, 0.1) is 0 Å². The predicted molar refractivity (Wildman–Crippen MR) is 110 cm³/mol. The molecule has 1 aliphatic rings. The van der Waals surface area contributed by atoms with Crippen LogP contribution < -0.4 is 9.47 Å². The molecule has 0 spiro atoms. The van der Waals surface area contributed by atoms with Gasteiger partial charge in [0.1, 0.15) is 5.76 Å². The number of esters is 1. The number of furan rings is 1. The van der Waals surface area contributed by atoms with Gasteiger partial charge >= 0.3 is 5.97 Å². The van der Waals surface area contributed by atoms with Crippen molar-refractivity contribution in [3.8, 4) is 11.5 Å². The lowest BCUT2D eigenvalue weighted by Gasteiger charge is -2.16. The van der Waals surface area contributed by atoms with Gasteiger partial charge in [0.25, 0.3) is 11.1 Å². The number of carbonyl (C=O) groups excluding carboxylic acids is 3. The summed E-state index contributed by atoms with van der Waals surface area (Å²) in [5.41, 5.74) is 0.625. The number of ether oxygens (including phenoxy) is 3. The number of methoxy groups -OCH3 is 2. The Morgan fingerprint density at radius 2 is 1.97 bits per heavy atom. The van der Waals surface area contributed by atoms with Crippen molar-refractivity contribution in [1.29, 1.82) is 0 Å². The summed E-state index contributed by atoms with van der Waals surface area (Å²) in [6.45, 7) is 3.68. The first kappa shape index (κ1) is 21.5. The van der Waals surface area contributed by atoms with Crippen molar-refractivity contribution in [3.05, 3.63) is 52.3 Å². The Labute approximate surface area is 177 Å². The Balaban J connectivity index is 1.85. The Morgan fingerprint density at radius 1 is 1.20 bits per heavy atom. The number of hydrogen-bond acceptors (Lipinski definition) is 8. The van der Waals surface area contributed by atoms with Crippen molar-refractivity contribution in [2.75, 3.05) is 14.2 Å². The summed E-state index contributed by atoms with van der Waals surface area (Å²) in [5.74, 6) is 0.231. The van der Waals surface area contributed by atoms with Gasteiger partial charge in [0, 0.05) is 5.56 Å². The van der Waals surface area contributed by atoms with Crippen LogP contribution >= 0.6 is 11.8 Å². The second kappa shape index (κ2) is 9.08. The maximum Gasteiger partial charge on any atom is 0.373 e. The van der Waals surface area contributed by atoms with Gasteiger partial charge < -0.3 is 18.6 Å². The van der Waals surface area contributed by atoms with Gasteiger partial charge in [-0.2, -0.15) is 0 Å². The van der Waals surface area contributed by atoms with Crippen molar-refractivity contribution in [2.24, 2.45) is 0 Å². The van der Waals surface area contributed by atoms with Crippen LogP contribution in [0.2, 0.25) is 0 Å². The number of benzene rings is 1. The summed E-state index contributed by atoms with van der Waals surface area (Å²) in [4.78, 5) is 38.0. The molecule has 2 aromatic rings. The zero-order valence-corrected chi connectivity index (χ0v) is 17.8. The van der Waals surface area contributed by atoms with Crippen molar-refractivity contribution >= 4 is 35.0 Å². The number of imide groups is 1. The monoisotopic (exact) mass is 431 g/mol. The number of thioether (sulfide) groups is 1. The molecule has 1 fully saturated rings. The second-order valence-corrected chi connectivity index (χ2v) is 7.56. The van der Waals surface area contributed by atoms with E-state index < -0.39 is 17.1 Å². The Morgan fingerprint density at radius 3 is 2.63 bits per heavy atom. The molecule has 30 heavy (non-hydrogen) atoms. The van der Waals surface area contributed by atoms with Crippen LogP contribution in [0.5, 0.6) is 11.5 Å². The number of hydrogen-bond donors (Lipinski definition) is 0. The third-order valence-corrected chi connectivity index (χ3v) is 5.01. The SMILES string of the molecule is COC(=O)c1ccc(CN2C(=O)SC(=Cc3cccc(OC)c3OC(C)C)C2=O)o1. The van der Waals surface area contributed by atoms with E-state index in [9.17, 15) is 14.4 Å². The Hall–Kier alpha value is -3.20. The quantitative estimate of drug-likeness (QED) is 0.478. The van der Waals surface area contributed by atoms with E-state index in [1.807, 2.05) is 13.8 Å². The van der Waals surface area contributed by atoms with E-state index in [0.29, 0.717) is 22.8 Å². The fourth-order valence-electron chi connectivity index (χ4n) is 2.78. The molecule has 8 nitrogen and oxygen atoms in total. The molecule has 2 heterocycles. The molecule has 0 saturated carbocycles. The first-order chi connectivity index (χ1) is 14.3. The average Bonchev–Trinajstić information content (AvgIpc) is 3.29. The van der Waals surface area contributed by atoms with Crippen LogP contribution in [0.3, 0.4) is 0 Å². The largest absolute Gasteiger partial charge is 0.493 e. The van der Waals surface area contributed by atoms with Gasteiger partial charge in [0.15, 0.2) is 11.5 Å². The van der Waals surface area contributed by atoms with Gasteiger partial charge in [-0.15, -0.1) is 0 Å². The van der Waals surface area contributed by atoms with E-state index in [2.05, 4.69) is 4.74 Å². The Kier molecular flexibility index (Phi) is 6.51. The predicted octanol–water partition coefficient (Wildman–Crippen LogP) is 4.10. The minimum absolute atomic E-state index is 0.00173. The zero-order valence-electron chi connectivity index (χ0n) is 17.0. The molecule has 0 unspecified atom stereocenters. The van der Waals surface area contributed by atoms with E-state index in [1.165, 1.54) is 26.4 Å². The molecule has 0 N–H and O–H groups in total. The molecule has 3 rings (SSSR count). The molecule has 1 saturated heterocycles. The highest BCUT2D eigenvalue weighted by Crippen LogP contribution is 2.38. The Bertz CT molecular complexity index is 1010. The van der Waals surface area contributed by atoms with E-state index >= 15 is 0 Å². The molecule has 0 atom stereocenters. The van der Waals surface area contributed by atoms with Crippen molar-refractivity contribution in [3.63, 3.8) is 0 Å². The first-order valence-corrected chi connectivity index (χ1v) is 9.91. The van der Waals surface area contributed by atoms with Gasteiger partial charge in [-0.3, -0.25) is 14.5 Å². The van der Waals surface area contributed by atoms with Gasteiger partial charge in [-0.25, -0.2) is 4.79 Å². The molecular weight excluding hydrogens is 410 g/mol. The molecule has 9 heteroatoms. The molecule has 1 aliphatic heterocycles.